The Labute approximate surface area is 123 Å². The van der Waals surface area contributed by atoms with Crippen molar-refractivity contribution < 1.29 is 9.90 Å². The summed E-state index contributed by atoms with van der Waals surface area (Å²) in [6.07, 6.45) is 5.95. The lowest BCUT2D eigenvalue weighted by molar-refractivity contribution is -0.143. The zero-order valence-corrected chi connectivity index (χ0v) is 12.3. The van der Waals surface area contributed by atoms with E-state index in [-0.39, 0.29) is 0 Å². The molecule has 4 heteroatoms. The molecule has 1 N–H and O–H groups in total. The van der Waals surface area contributed by atoms with Crippen LogP contribution in [0.15, 0.2) is 18.2 Å². The summed E-state index contributed by atoms with van der Waals surface area (Å²) in [4.78, 5) is 16.5. The van der Waals surface area contributed by atoms with Crippen molar-refractivity contribution in [3.05, 3.63) is 29.6 Å². The second-order valence-corrected chi connectivity index (χ2v) is 6.56. The number of benzene rings is 1. The maximum absolute atomic E-state index is 11.8. The van der Waals surface area contributed by atoms with Gasteiger partial charge in [-0.2, -0.15) is 0 Å². The summed E-state index contributed by atoms with van der Waals surface area (Å²) in [5.41, 5.74) is 2.34. The first-order valence-corrected chi connectivity index (χ1v) is 7.84. The molecule has 2 aromatic rings. The predicted molar refractivity (Wildman–Crippen MR) is 80.5 cm³/mol. The van der Waals surface area contributed by atoms with Gasteiger partial charge in [-0.15, -0.1) is 0 Å². The van der Waals surface area contributed by atoms with Crippen LogP contribution in [0.5, 0.6) is 0 Å². The average Bonchev–Trinajstić information content (AvgIpc) is 3.05. The number of rotatable bonds is 3. The Balaban J connectivity index is 1.86. The van der Waals surface area contributed by atoms with E-state index in [0.29, 0.717) is 6.04 Å². The number of fused-ring (bicyclic) bond motifs is 1. The highest BCUT2D eigenvalue weighted by Gasteiger charge is 2.43. The van der Waals surface area contributed by atoms with Crippen LogP contribution >= 0.6 is 0 Å². The summed E-state index contributed by atoms with van der Waals surface area (Å²) >= 11 is 0. The predicted octanol–water partition coefficient (Wildman–Crippen LogP) is 3.58. The zero-order valence-electron chi connectivity index (χ0n) is 12.3. The fourth-order valence-corrected chi connectivity index (χ4v) is 3.92. The largest absolute Gasteiger partial charge is 0.481 e. The summed E-state index contributed by atoms with van der Waals surface area (Å²) < 4.78 is 2.31. The van der Waals surface area contributed by atoms with Crippen LogP contribution < -0.4 is 0 Å². The Kier molecular flexibility index (Phi) is 2.65. The maximum atomic E-state index is 11.8. The number of hydrogen-bond acceptors (Lipinski definition) is 2. The highest BCUT2D eigenvalue weighted by atomic mass is 16.4. The minimum Gasteiger partial charge on any atom is -0.481 e. The SMILES string of the molecule is Cc1nc2cc(C3(C(=O)O)CCCC3)ccc2n1C1CC1. The normalized spacial score (nSPS) is 21.0. The van der Waals surface area contributed by atoms with E-state index >= 15 is 0 Å². The molecule has 2 aliphatic rings. The number of aliphatic carboxylic acids is 1. The first kappa shape index (κ1) is 12.9. The number of hydrogen-bond donors (Lipinski definition) is 1. The Morgan fingerprint density at radius 2 is 2.05 bits per heavy atom. The van der Waals surface area contributed by atoms with E-state index < -0.39 is 11.4 Å². The van der Waals surface area contributed by atoms with E-state index in [0.717, 1.165) is 48.1 Å². The summed E-state index contributed by atoms with van der Waals surface area (Å²) in [5.74, 6) is 0.359. The summed E-state index contributed by atoms with van der Waals surface area (Å²) in [5, 5.41) is 9.72. The van der Waals surface area contributed by atoms with Crippen molar-refractivity contribution >= 4 is 17.0 Å². The van der Waals surface area contributed by atoms with Crippen molar-refractivity contribution in [1.29, 1.82) is 0 Å². The summed E-state index contributed by atoms with van der Waals surface area (Å²) in [6, 6.07) is 6.70. The molecule has 0 saturated heterocycles. The first-order chi connectivity index (χ1) is 10.1. The molecule has 1 aromatic heterocycles. The van der Waals surface area contributed by atoms with Crippen LogP contribution in [0, 0.1) is 6.92 Å². The van der Waals surface area contributed by atoms with Crippen molar-refractivity contribution in [2.24, 2.45) is 0 Å². The Morgan fingerprint density at radius 3 is 2.67 bits per heavy atom. The highest BCUT2D eigenvalue weighted by molar-refractivity contribution is 5.85. The molecule has 0 aliphatic heterocycles. The molecule has 1 aromatic carbocycles. The molecule has 4 rings (SSSR count). The van der Waals surface area contributed by atoms with E-state index in [1.54, 1.807) is 0 Å². The standard InChI is InChI=1S/C17H20N2O2/c1-11-18-14-10-12(17(16(20)21)8-2-3-9-17)4-7-15(14)19(11)13-5-6-13/h4,7,10,13H,2-3,5-6,8-9H2,1H3,(H,20,21). The van der Waals surface area contributed by atoms with Crippen LogP contribution in [-0.4, -0.2) is 20.6 Å². The molecule has 2 fully saturated rings. The summed E-state index contributed by atoms with van der Waals surface area (Å²) in [6.45, 7) is 2.04. The number of carboxylic acid groups (broad SMARTS) is 1. The third-order valence-electron chi connectivity index (χ3n) is 5.20. The van der Waals surface area contributed by atoms with Gasteiger partial charge >= 0.3 is 5.97 Å². The molecule has 2 saturated carbocycles. The Morgan fingerprint density at radius 1 is 1.33 bits per heavy atom. The number of imidazole rings is 1. The molecule has 0 amide bonds. The van der Waals surface area contributed by atoms with Gasteiger partial charge in [-0.1, -0.05) is 18.9 Å². The van der Waals surface area contributed by atoms with Gasteiger partial charge in [0.25, 0.3) is 0 Å². The van der Waals surface area contributed by atoms with Crippen LogP contribution in [0.4, 0.5) is 0 Å². The number of nitrogens with zero attached hydrogens (tertiary/aromatic N) is 2. The molecule has 2 aliphatic carbocycles. The lowest BCUT2D eigenvalue weighted by Crippen LogP contribution is -2.32. The third kappa shape index (κ3) is 1.81. The maximum Gasteiger partial charge on any atom is 0.314 e. The Hall–Kier alpha value is -1.84. The van der Waals surface area contributed by atoms with Gasteiger partial charge in [0.05, 0.1) is 16.4 Å². The van der Waals surface area contributed by atoms with E-state index in [2.05, 4.69) is 15.6 Å². The smallest absolute Gasteiger partial charge is 0.314 e. The van der Waals surface area contributed by atoms with Crippen molar-refractivity contribution in [2.45, 2.75) is 56.9 Å². The highest BCUT2D eigenvalue weighted by Crippen LogP contribution is 2.43. The topological polar surface area (TPSA) is 55.1 Å². The molecule has 21 heavy (non-hydrogen) atoms. The van der Waals surface area contributed by atoms with Crippen LogP contribution in [0.1, 0.15) is 56.0 Å². The molecule has 1 heterocycles. The number of carboxylic acids is 1. The molecule has 0 spiro atoms. The average molecular weight is 284 g/mol. The van der Waals surface area contributed by atoms with E-state index in [4.69, 9.17) is 0 Å². The minimum absolute atomic E-state index is 0.598. The second-order valence-electron chi connectivity index (χ2n) is 6.56. The fraction of sp³-hybridized carbons (Fsp3) is 0.529. The number of carbonyl (C=O) groups is 1. The minimum atomic E-state index is -0.689. The molecule has 0 atom stereocenters. The number of aromatic nitrogens is 2. The summed E-state index contributed by atoms with van der Waals surface area (Å²) in [7, 11) is 0. The van der Waals surface area contributed by atoms with Crippen LogP contribution in [0.3, 0.4) is 0 Å². The quantitative estimate of drug-likeness (QED) is 0.937. The zero-order chi connectivity index (χ0) is 14.6. The molecule has 0 unspecified atom stereocenters. The van der Waals surface area contributed by atoms with E-state index in [1.165, 1.54) is 12.8 Å². The van der Waals surface area contributed by atoms with Crippen LogP contribution in [-0.2, 0) is 10.2 Å². The van der Waals surface area contributed by atoms with E-state index in [1.807, 2.05) is 19.1 Å². The molecular weight excluding hydrogens is 264 g/mol. The van der Waals surface area contributed by atoms with Crippen LogP contribution in [0.25, 0.3) is 11.0 Å². The van der Waals surface area contributed by atoms with Gasteiger partial charge < -0.3 is 9.67 Å². The first-order valence-electron chi connectivity index (χ1n) is 7.84. The Bertz CT molecular complexity index is 722. The van der Waals surface area contributed by atoms with Gasteiger partial charge in [0.2, 0.25) is 0 Å². The molecule has 0 radical (unpaired) electrons. The van der Waals surface area contributed by atoms with Crippen molar-refractivity contribution in [3.8, 4) is 0 Å². The molecule has 110 valence electrons. The van der Waals surface area contributed by atoms with Gasteiger partial charge in [-0.25, -0.2) is 4.98 Å². The van der Waals surface area contributed by atoms with Gasteiger partial charge in [0.1, 0.15) is 5.82 Å². The lowest BCUT2D eigenvalue weighted by Gasteiger charge is -2.24. The van der Waals surface area contributed by atoms with Gasteiger partial charge in [-0.05, 0) is 50.3 Å². The molecule has 4 nitrogen and oxygen atoms in total. The monoisotopic (exact) mass is 284 g/mol. The molecule has 0 bridgehead atoms. The van der Waals surface area contributed by atoms with Crippen molar-refractivity contribution in [2.75, 3.05) is 0 Å². The van der Waals surface area contributed by atoms with Crippen molar-refractivity contribution in [3.63, 3.8) is 0 Å². The van der Waals surface area contributed by atoms with Crippen molar-refractivity contribution in [1.82, 2.24) is 9.55 Å². The van der Waals surface area contributed by atoms with Crippen LogP contribution in [0.2, 0.25) is 0 Å². The fourth-order valence-electron chi connectivity index (χ4n) is 3.92. The number of aryl methyl sites for hydroxylation is 1. The third-order valence-corrected chi connectivity index (χ3v) is 5.20. The van der Waals surface area contributed by atoms with Gasteiger partial charge in [0.15, 0.2) is 0 Å². The van der Waals surface area contributed by atoms with Gasteiger partial charge in [0, 0.05) is 6.04 Å². The second kappa shape index (κ2) is 4.33. The van der Waals surface area contributed by atoms with Gasteiger partial charge in [-0.3, -0.25) is 4.79 Å². The lowest BCUT2D eigenvalue weighted by atomic mass is 9.79. The van der Waals surface area contributed by atoms with E-state index in [9.17, 15) is 9.90 Å². The molecular formula is C17H20N2O2.